The maximum absolute atomic E-state index is 5.89. The minimum atomic E-state index is 0.380. The minimum Gasteiger partial charge on any atom is -0.383 e. The summed E-state index contributed by atoms with van der Waals surface area (Å²) in [6, 6.07) is 0.799. The summed E-state index contributed by atoms with van der Waals surface area (Å²) in [5, 5.41) is 0. The average molecular weight is 264 g/mol. The molecule has 0 rings (SSSR count). The van der Waals surface area contributed by atoms with E-state index in [-0.39, 0.29) is 0 Å². The molecule has 0 aliphatic rings. The Balaban J connectivity index is 4.37. The van der Waals surface area contributed by atoms with E-state index in [9.17, 15) is 0 Å². The van der Waals surface area contributed by atoms with E-state index in [4.69, 9.17) is 15.2 Å². The van der Waals surface area contributed by atoms with E-state index in [1.54, 1.807) is 14.2 Å². The predicted octanol–water partition coefficient (Wildman–Crippen LogP) is 1.05. The van der Waals surface area contributed by atoms with Crippen molar-refractivity contribution in [3.63, 3.8) is 0 Å². The molecule has 0 amide bonds. The smallest absolute Gasteiger partial charge is 0.0615 e. The molecule has 0 radical (unpaired) electrons. The fourth-order valence-electron chi connectivity index (χ4n) is 1.97. The Kier molecular flexibility index (Phi) is 11.4. The summed E-state index contributed by atoms with van der Waals surface area (Å²) in [5.74, 6) is 1.14. The van der Waals surface area contributed by atoms with Gasteiger partial charge in [-0.25, -0.2) is 0 Å². The summed E-state index contributed by atoms with van der Waals surface area (Å²) in [6.45, 7) is 5.26. The molecule has 5 heteroatoms. The first-order valence-electron chi connectivity index (χ1n) is 6.13. The lowest BCUT2D eigenvalue weighted by molar-refractivity contribution is 0.0483. The third-order valence-electron chi connectivity index (χ3n) is 2.92. The van der Waals surface area contributed by atoms with Gasteiger partial charge in [0.1, 0.15) is 0 Å². The number of rotatable bonds is 11. The number of ether oxygens (including phenoxy) is 2. The number of hydrogen-bond acceptors (Lipinski definition) is 5. The highest BCUT2D eigenvalue weighted by molar-refractivity contribution is 7.98. The molecule has 0 aromatic heterocycles. The molecular formula is C12H28N2O2S. The molecule has 2 N–H and O–H groups in total. The Morgan fingerprint density at radius 1 is 1.29 bits per heavy atom. The van der Waals surface area contributed by atoms with Gasteiger partial charge in [0.2, 0.25) is 0 Å². The van der Waals surface area contributed by atoms with Crippen LogP contribution < -0.4 is 5.73 Å². The predicted molar refractivity (Wildman–Crippen MR) is 75.8 cm³/mol. The summed E-state index contributed by atoms with van der Waals surface area (Å²) >= 11 is 1.87. The zero-order valence-corrected chi connectivity index (χ0v) is 12.5. The SMILES string of the molecule is COCCN(C(C)COC)C(CN)CCSC. The molecule has 0 aromatic carbocycles. The van der Waals surface area contributed by atoms with Gasteiger partial charge in [-0.05, 0) is 25.4 Å². The van der Waals surface area contributed by atoms with Gasteiger partial charge in [-0.1, -0.05) is 0 Å². The Hall–Kier alpha value is 0.190. The van der Waals surface area contributed by atoms with E-state index in [0.717, 1.165) is 31.9 Å². The van der Waals surface area contributed by atoms with Crippen LogP contribution in [0.5, 0.6) is 0 Å². The normalized spacial score (nSPS) is 15.2. The standard InChI is InChI=1S/C12H28N2O2S/c1-11(10-16-3)14(6-7-15-2)12(9-13)5-8-17-4/h11-12H,5-10,13H2,1-4H3. The van der Waals surface area contributed by atoms with Crippen molar-refractivity contribution >= 4 is 11.8 Å². The first-order valence-corrected chi connectivity index (χ1v) is 7.53. The van der Waals surface area contributed by atoms with Gasteiger partial charge in [-0.3, -0.25) is 4.90 Å². The van der Waals surface area contributed by atoms with Crippen molar-refractivity contribution < 1.29 is 9.47 Å². The van der Waals surface area contributed by atoms with Crippen molar-refractivity contribution in [2.45, 2.75) is 25.4 Å². The average Bonchev–Trinajstić information content (AvgIpc) is 2.33. The van der Waals surface area contributed by atoms with E-state index < -0.39 is 0 Å². The lowest BCUT2D eigenvalue weighted by Gasteiger charge is -2.35. The van der Waals surface area contributed by atoms with Gasteiger partial charge in [-0.2, -0.15) is 11.8 Å². The van der Waals surface area contributed by atoms with Gasteiger partial charge in [0.15, 0.2) is 0 Å². The van der Waals surface area contributed by atoms with Crippen LogP contribution in [0.2, 0.25) is 0 Å². The van der Waals surface area contributed by atoms with Crippen LogP contribution in [-0.4, -0.2) is 69.5 Å². The zero-order valence-electron chi connectivity index (χ0n) is 11.6. The molecule has 0 fully saturated rings. The molecule has 0 heterocycles. The lowest BCUT2D eigenvalue weighted by Crippen LogP contribution is -2.49. The fraction of sp³-hybridized carbons (Fsp3) is 1.00. The summed E-state index contributed by atoms with van der Waals surface area (Å²) < 4.78 is 10.4. The second-order valence-electron chi connectivity index (χ2n) is 4.21. The molecule has 0 bridgehead atoms. The quantitative estimate of drug-likeness (QED) is 0.604. The summed E-state index contributed by atoms with van der Waals surface area (Å²) in [6.07, 6.45) is 3.25. The summed E-state index contributed by atoms with van der Waals surface area (Å²) in [7, 11) is 3.48. The summed E-state index contributed by atoms with van der Waals surface area (Å²) in [5.41, 5.74) is 5.89. The van der Waals surface area contributed by atoms with E-state index in [2.05, 4.69) is 18.1 Å². The van der Waals surface area contributed by atoms with Crippen LogP contribution in [0.3, 0.4) is 0 Å². The molecule has 0 spiro atoms. The third kappa shape index (κ3) is 7.26. The molecular weight excluding hydrogens is 236 g/mol. The van der Waals surface area contributed by atoms with Crippen molar-refractivity contribution in [1.82, 2.24) is 4.90 Å². The monoisotopic (exact) mass is 264 g/mol. The molecule has 104 valence electrons. The van der Waals surface area contributed by atoms with E-state index in [0.29, 0.717) is 18.6 Å². The molecule has 0 aromatic rings. The van der Waals surface area contributed by atoms with Crippen LogP contribution >= 0.6 is 11.8 Å². The highest BCUT2D eigenvalue weighted by atomic mass is 32.2. The van der Waals surface area contributed by atoms with Crippen molar-refractivity contribution in [2.24, 2.45) is 5.73 Å². The van der Waals surface area contributed by atoms with E-state index in [1.165, 1.54) is 0 Å². The van der Waals surface area contributed by atoms with Gasteiger partial charge in [-0.15, -0.1) is 0 Å². The van der Waals surface area contributed by atoms with Crippen molar-refractivity contribution in [3.8, 4) is 0 Å². The molecule has 2 atom stereocenters. The maximum Gasteiger partial charge on any atom is 0.0615 e. The molecule has 2 unspecified atom stereocenters. The largest absolute Gasteiger partial charge is 0.383 e. The van der Waals surface area contributed by atoms with Gasteiger partial charge in [0, 0.05) is 39.4 Å². The van der Waals surface area contributed by atoms with Gasteiger partial charge >= 0.3 is 0 Å². The van der Waals surface area contributed by atoms with Crippen LogP contribution in [0.1, 0.15) is 13.3 Å². The van der Waals surface area contributed by atoms with Gasteiger partial charge in [0.25, 0.3) is 0 Å². The Bertz CT molecular complexity index is 173. The first-order chi connectivity index (χ1) is 8.21. The topological polar surface area (TPSA) is 47.7 Å². The minimum absolute atomic E-state index is 0.380. The van der Waals surface area contributed by atoms with E-state index >= 15 is 0 Å². The van der Waals surface area contributed by atoms with E-state index in [1.807, 2.05) is 11.8 Å². The summed E-state index contributed by atoms with van der Waals surface area (Å²) in [4.78, 5) is 2.41. The molecule has 0 saturated heterocycles. The molecule has 4 nitrogen and oxygen atoms in total. The number of nitrogens with two attached hydrogens (primary N) is 1. The van der Waals surface area contributed by atoms with Crippen molar-refractivity contribution in [2.75, 3.05) is 52.5 Å². The number of thioether (sulfide) groups is 1. The highest BCUT2D eigenvalue weighted by Crippen LogP contribution is 2.11. The molecule has 17 heavy (non-hydrogen) atoms. The lowest BCUT2D eigenvalue weighted by atomic mass is 10.1. The number of nitrogens with zero attached hydrogens (tertiary/aromatic N) is 1. The highest BCUT2D eigenvalue weighted by Gasteiger charge is 2.21. The Labute approximate surface area is 110 Å². The first kappa shape index (κ1) is 17.2. The van der Waals surface area contributed by atoms with Gasteiger partial charge in [0.05, 0.1) is 13.2 Å². The third-order valence-corrected chi connectivity index (χ3v) is 3.57. The van der Waals surface area contributed by atoms with Crippen LogP contribution in [0.25, 0.3) is 0 Å². The molecule has 0 aliphatic heterocycles. The Morgan fingerprint density at radius 3 is 2.47 bits per heavy atom. The van der Waals surface area contributed by atoms with Crippen LogP contribution in [-0.2, 0) is 9.47 Å². The number of hydrogen-bond donors (Lipinski definition) is 1. The van der Waals surface area contributed by atoms with Crippen LogP contribution in [0.15, 0.2) is 0 Å². The second kappa shape index (κ2) is 11.3. The van der Waals surface area contributed by atoms with Crippen molar-refractivity contribution in [1.29, 1.82) is 0 Å². The van der Waals surface area contributed by atoms with Gasteiger partial charge < -0.3 is 15.2 Å². The molecule has 0 aliphatic carbocycles. The van der Waals surface area contributed by atoms with Crippen molar-refractivity contribution in [3.05, 3.63) is 0 Å². The second-order valence-corrected chi connectivity index (χ2v) is 5.19. The van der Waals surface area contributed by atoms with Crippen LogP contribution in [0.4, 0.5) is 0 Å². The Morgan fingerprint density at radius 2 is 2.00 bits per heavy atom. The number of methoxy groups -OCH3 is 2. The zero-order chi connectivity index (χ0) is 13.1. The fourth-order valence-corrected chi connectivity index (χ4v) is 2.48. The maximum atomic E-state index is 5.89. The molecule has 0 saturated carbocycles. The van der Waals surface area contributed by atoms with Crippen LogP contribution in [0, 0.1) is 0 Å².